The van der Waals surface area contributed by atoms with E-state index in [-0.39, 0.29) is 0 Å². The summed E-state index contributed by atoms with van der Waals surface area (Å²) in [6.45, 7) is 2.13. The minimum atomic E-state index is 0.603. The molecule has 92 valence electrons. The quantitative estimate of drug-likeness (QED) is 0.841. The maximum Gasteiger partial charge on any atom is 0.0426 e. The number of rotatable bonds is 2. The maximum absolute atomic E-state index is 6.05. The summed E-state index contributed by atoms with van der Waals surface area (Å²) in [6.07, 6.45) is 5.17. The Bertz CT molecular complexity index is 407. The van der Waals surface area contributed by atoms with Crippen molar-refractivity contribution in [3.63, 3.8) is 0 Å². The van der Waals surface area contributed by atoms with Gasteiger partial charge in [0.15, 0.2) is 0 Å². The van der Waals surface area contributed by atoms with Crippen molar-refractivity contribution in [3.05, 3.63) is 28.8 Å². The molecule has 2 bridgehead atoms. The molecule has 2 nitrogen and oxygen atoms in total. The molecule has 2 aliphatic heterocycles. The van der Waals surface area contributed by atoms with Gasteiger partial charge in [0, 0.05) is 28.8 Å². The summed E-state index contributed by atoms with van der Waals surface area (Å²) in [5.41, 5.74) is 2.48. The summed E-state index contributed by atoms with van der Waals surface area (Å²) >= 11 is 6.05. The fourth-order valence-corrected chi connectivity index (χ4v) is 3.32. The van der Waals surface area contributed by atoms with Crippen LogP contribution in [0.2, 0.25) is 5.02 Å². The normalized spacial score (nSPS) is 31.5. The Morgan fingerprint density at radius 2 is 1.94 bits per heavy atom. The molecular formula is C14H19ClN2. The van der Waals surface area contributed by atoms with E-state index in [1.807, 2.05) is 12.1 Å². The molecule has 2 saturated heterocycles. The smallest absolute Gasteiger partial charge is 0.0426 e. The third kappa shape index (κ3) is 2.43. The SMILES string of the molecule is Cc1ccc(Cl)cc1NC1CC2CCC(C1)N2. The first-order valence-electron chi connectivity index (χ1n) is 6.49. The first kappa shape index (κ1) is 11.4. The average molecular weight is 251 g/mol. The summed E-state index contributed by atoms with van der Waals surface area (Å²) in [7, 11) is 0. The van der Waals surface area contributed by atoms with E-state index in [0.29, 0.717) is 6.04 Å². The standard InChI is InChI=1S/C14H19ClN2/c1-9-2-3-10(15)6-14(9)17-13-7-11-4-5-12(8-13)16-11/h2-3,6,11-13,16-17H,4-5,7-8H2,1H3. The fraction of sp³-hybridized carbons (Fsp3) is 0.571. The zero-order valence-electron chi connectivity index (χ0n) is 10.2. The third-order valence-corrected chi connectivity index (χ3v) is 4.27. The van der Waals surface area contributed by atoms with Gasteiger partial charge >= 0.3 is 0 Å². The number of anilines is 1. The fourth-order valence-electron chi connectivity index (χ4n) is 3.14. The summed E-state index contributed by atoms with van der Waals surface area (Å²) in [5.74, 6) is 0. The Morgan fingerprint density at radius 3 is 2.65 bits per heavy atom. The molecule has 17 heavy (non-hydrogen) atoms. The van der Waals surface area contributed by atoms with Gasteiger partial charge in [-0.05, 0) is 50.3 Å². The number of aryl methyl sites for hydroxylation is 1. The van der Waals surface area contributed by atoms with Crippen LogP contribution in [0.4, 0.5) is 5.69 Å². The lowest BCUT2D eigenvalue weighted by Crippen LogP contribution is -2.43. The number of hydrogen-bond acceptors (Lipinski definition) is 2. The van der Waals surface area contributed by atoms with E-state index in [1.165, 1.54) is 36.9 Å². The number of nitrogens with one attached hydrogen (secondary N) is 2. The van der Waals surface area contributed by atoms with Crippen LogP contribution in [0.1, 0.15) is 31.2 Å². The number of benzene rings is 1. The molecule has 2 unspecified atom stereocenters. The highest BCUT2D eigenvalue weighted by Gasteiger charge is 2.33. The van der Waals surface area contributed by atoms with E-state index in [1.54, 1.807) is 0 Å². The number of halogens is 1. The van der Waals surface area contributed by atoms with Gasteiger partial charge < -0.3 is 10.6 Å². The van der Waals surface area contributed by atoms with Crippen LogP contribution in [0.25, 0.3) is 0 Å². The van der Waals surface area contributed by atoms with E-state index < -0.39 is 0 Å². The van der Waals surface area contributed by atoms with Crippen LogP contribution in [-0.4, -0.2) is 18.1 Å². The predicted octanol–water partition coefficient (Wildman–Crippen LogP) is 3.34. The molecule has 0 saturated carbocycles. The van der Waals surface area contributed by atoms with Gasteiger partial charge in [-0.25, -0.2) is 0 Å². The highest BCUT2D eigenvalue weighted by atomic mass is 35.5. The van der Waals surface area contributed by atoms with Crippen molar-refractivity contribution >= 4 is 17.3 Å². The second-order valence-corrected chi connectivity index (χ2v) is 5.85. The second-order valence-electron chi connectivity index (χ2n) is 5.41. The van der Waals surface area contributed by atoms with Crippen LogP contribution >= 0.6 is 11.6 Å². The van der Waals surface area contributed by atoms with Crippen LogP contribution in [0.15, 0.2) is 18.2 Å². The van der Waals surface area contributed by atoms with Gasteiger partial charge in [-0.1, -0.05) is 17.7 Å². The van der Waals surface area contributed by atoms with Gasteiger partial charge in [-0.3, -0.25) is 0 Å². The van der Waals surface area contributed by atoms with Crippen molar-refractivity contribution in [2.24, 2.45) is 0 Å². The largest absolute Gasteiger partial charge is 0.382 e. The van der Waals surface area contributed by atoms with E-state index in [2.05, 4.69) is 23.6 Å². The van der Waals surface area contributed by atoms with Crippen molar-refractivity contribution in [1.29, 1.82) is 0 Å². The molecule has 3 rings (SSSR count). The van der Waals surface area contributed by atoms with E-state index >= 15 is 0 Å². The molecule has 1 aromatic rings. The van der Waals surface area contributed by atoms with Crippen LogP contribution in [-0.2, 0) is 0 Å². The second kappa shape index (κ2) is 4.51. The van der Waals surface area contributed by atoms with E-state index in [9.17, 15) is 0 Å². The van der Waals surface area contributed by atoms with Crippen LogP contribution in [0.5, 0.6) is 0 Å². The Balaban J connectivity index is 1.72. The van der Waals surface area contributed by atoms with Gasteiger partial charge in [0.25, 0.3) is 0 Å². The van der Waals surface area contributed by atoms with Gasteiger partial charge in [0.2, 0.25) is 0 Å². The third-order valence-electron chi connectivity index (χ3n) is 4.03. The van der Waals surface area contributed by atoms with Gasteiger partial charge in [-0.15, -0.1) is 0 Å². The van der Waals surface area contributed by atoms with Crippen LogP contribution in [0, 0.1) is 6.92 Å². The van der Waals surface area contributed by atoms with Crippen LogP contribution in [0.3, 0.4) is 0 Å². The number of hydrogen-bond donors (Lipinski definition) is 2. The average Bonchev–Trinajstić information content (AvgIpc) is 2.63. The molecule has 2 aliphatic rings. The van der Waals surface area contributed by atoms with Gasteiger partial charge in [0.1, 0.15) is 0 Å². The number of piperidine rings is 1. The van der Waals surface area contributed by atoms with Crippen molar-refractivity contribution in [3.8, 4) is 0 Å². The highest BCUT2D eigenvalue weighted by Crippen LogP contribution is 2.30. The topological polar surface area (TPSA) is 24.1 Å². The molecule has 0 amide bonds. The highest BCUT2D eigenvalue weighted by molar-refractivity contribution is 6.30. The zero-order valence-corrected chi connectivity index (χ0v) is 10.9. The Kier molecular flexibility index (Phi) is 3.01. The first-order chi connectivity index (χ1) is 8.20. The summed E-state index contributed by atoms with van der Waals surface area (Å²) in [4.78, 5) is 0. The molecule has 2 heterocycles. The summed E-state index contributed by atoms with van der Waals surface area (Å²) < 4.78 is 0. The Labute approximate surface area is 108 Å². The molecule has 2 atom stereocenters. The van der Waals surface area contributed by atoms with E-state index in [0.717, 1.165) is 17.1 Å². The lowest BCUT2D eigenvalue weighted by molar-refractivity contribution is 0.378. The van der Waals surface area contributed by atoms with Crippen molar-refractivity contribution < 1.29 is 0 Å². The molecule has 0 spiro atoms. The molecule has 2 fully saturated rings. The lowest BCUT2D eigenvalue weighted by atomic mass is 9.99. The monoisotopic (exact) mass is 250 g/mol. The molecule has 2 N–H and O–H groups in total. The Hall–Kier alpha value is -0.730. The molecule has 1 aromatic carbocycles. The number of fused-ring (bicyclic) bond motifs is 2. The summed E-state index contributed by atoms with van der Waals surface area (Å²) in [6, 6.07) is 8.14. The van der Waals surface area contributed by atoms with Crippen molar-refractivity contribution in [1.82, 2.24) is 5.32 Å². The van der Waals surface area contributed by atoms with E-state index in [4.69, 9.17) is 11.6 Å². The predicted molar refractivity (Wildman–Crippen MR) is 72.8 cm³/mol. The van der Waals surface area contributed by atoms with Crippen molar-refractivity contribution in [2.75, 3.05) is 5.32 Å². The molecule has 0 aromatic heterocycles. The summed E-state index contributed by atoms with van der Waals surface area (Å²) in [5, 5.41) is 8.15. The molecular weight excluding hydrogens is 232 g/mol. The van der Waals surface area contributed by atoms with Crippen LogP contribution < -0.4 is 10.6 Å². The Morgan fingerprint density at radius 1 is 1.24 bits per heavy atom. The molecule has 3 heteroatoms. The zero-order chi connectivity index (χ0) is 11.8. The van der Waals surface area contributed by atoms with Crippen molar-refractivity contribution in [2.45, 2.75) is 50.7 Å². The minimum Gasteiger partial charge on any atom is -0.382 e. The maximum atomic E-state index is 6.05. The first-order valence-corrected chi connectivity index (χ1v) is 6.87. The molecule has 0 aliphatic carbocycles. The van der Waals surface area contributed by atoms with Gasteiger partial charge in [0.05, 0.1) is 0 Å². The minimum absolute atomic E-state index is 0.603. The molecule has 0 radical (unpaired) electrons. The lowest BCUT2D eigenvalue weighted by Gasteiger charge is -2.31. The van der Waals surface area contributed by atoms with Gasteiger partial charge in [-0.2, -0.15) is 0 Å².